The van der Waals surface area contributed by atoms with Crippen LogP contribution < -0.4 is 0 Å². The van der Waals surface area contributed by atoms with Crippen LogP contribution in [0.3, 0.4) is 0 Å². The zero-order valence-corrected chi connectivity index (χ0v) is 20.2. The topological polar surface area (TPSA) is 75.8 Å². The number of nitrogens with zero attached hydrogens (tertiary/aromatic N) is 4. The van der Waals surface area contributed by atoms with Crippen molar-refractivity contribution in [3.05, 3.63) is 10.6 Å². The Kier molecular flexibility index (Phi) is 29.9. The molecule has 0 unspecified atom stereocenters. The Bertz CT molecular complexity index is 263. The number of thiocyanates is 2. The van der Waals surface area contributed by atoms with Gasteiger partial charge < -0.3 is 35.9 Å². The third-order valence-electron chi connectivity index (χ3n) is 3.94. The Morgan fingerprint density at radius 2 is 1.00 bits per heavy atom. The van der Waals surface area contributed by atoms with E-state index in [4.69, 9.17) is 10.5 Å². The van der Waals surface area contributed by atoms with Gasteiger partial charge in [0.2, 0.25) is 0 Å². The molecule has 0 N–H and O–H groups in total. The van der Waals surface area contributed by atoms with Crippen molar-refractivity contribution in [3.63, 3.8) is 0 Å². The molecule has 0 aromatic carbocycles. The summed E-state index contributed by atoms with van der Waals surface area (Å²) in [4.78, 5) is 0. The molecule has 0 aliphatic carbocycles. The van der Waals surface area contributed by atoms with Gasteiger partial charge in [0.25, 0.3) is 0 Å². The van der Waals surface area contributed by atoms with E-state index in [9.17, 15) is 0 Å². The molecule has 2 aliphatic rings. The average molecular weight is 453 g/mol. The average Bonchev–Trinajstić information content (AvgIpc) is 2.58. The van der Waals surface area contributed by atoms with E-state index in [0.717, 1.165) is 38.0 Å². The van der Waals surface area contributed by atoms with E-state index in [1.165, 1.54) is 49.3 Å². The Morgan fingerprint density at radius 1 is 0.783 bits per heavy atom. The maximum Gasteiger partial charge on any atom is 0 e. The molecule has 130 valence electrons. The second-order valence-corrected chi connectivity index (χ2v) is 5.59. The monoisotopic (exact) mass is 454 g/mol. The number of hydrogen-bond donors (Lipinski definition) is 0. The van der Waals surface area contributed by atoms with Crippen molar-refractivity contribution in [2.75, 3.05) is 26.2 Å². The summed E-state index contributed by atoms with van der Waals surface area (Å²) in [5.41, 5.74) is 0. The van der Waals surface area contributed by atoms with Crippen molar-refractivity contribution in [2.24, 2.45) is 11.8 Å². The van der Waals surface area contributed by atoms with Crippen LogP contribution in [0.4, 0.5) is 0 Å². The molecule has 4 nitrogen and oxygen atoms in total. The van der Waals surface area contributed by atoms with Crippen molar-refractivity contribution in [3.8, 4) is 10.8 Å². The van der Waals surface area contributed by atoms with E-state index in [1.54, 1.807) is 0 Å². The van der Waals surface area contributed by atoms with Gasteiger partial charge in [0.05, 0.1) is 0 Å². The first-order valence-electron chi connectivity index (χ1n) is 7.98. The molecular weight excluding hydrogens is 425 g/mol. The van der Waals surface area contributed by atoms with Crippen LogP contribution in [0, 0.1) is 33.2 Å². The predicted octanol–water partition coefficient (Wildman–Crippen LogP) is 4.39. The Hall–Kier alpha value is 0.262. The van der Waals surface area contributed by atoms with Gasteiger partial charge >= 0.3 is 0 Å². The Morgan fingerprint density at radius 3 is 1.13 bits per heavy atom. The van der Waals surface area contributed by atoms with Gasteiger partial charge in [-0.15, -0.1) is 26.2 Å². The van der Waals surface area contributed by atoms with Gasteiger partial charge in [-0.25, -0.2) is 10.5 Å². The zero-order chi connectivity index (χ0) is 17.1. The van der Waals surface area contributed by atoms with Crippen LogP contribution in [0.2, 0.25) is 0 Å². The molecule has 0 aromatic rings. The minimum Gasteiger partial charge on any atom is -0.696 e. The van der Waals surface area contributed by atoms with Crippen LogP contribution >= 0.6 is 0 Å². The van der Waals surface area contributed by atoms with E-state index in [1.807, 2.05) is 0 Å². The molecule has 0 radical (unpaired) electrons. The molecule has 0 atom stereocenters. The van der Waals surface area contributed by atoms with Crippen LogP contribution in [-0.4, -0.2) is 26.2 Å². The maximum atomic E-state index is 7.13. The summed E-state index contributed by atoms with van der Waals surface area (Å²) >= 11 is 7.40. The molecule has 0 aromatic heterocycles. The summed E-state index contributed by atoms with van der Waals surface area (Å²) in [5.74, 6) is 1.99. The SMILES string of the molecule is CCC1CC[N-]CC1.CCC1CC[N-]CC1.N#C[S-].N#C[S-].[Cd]. The summed E-state index contributed by atoms with van der Waals surface area (Å²) < 4.78 is 0. The minimum absolute atomic E-state index is 0. The molecular formula is C16H28CdN4S2-4. The van der Waals surface area contributed by atoms with Crippen molar-refractivity contribution in [2.45, 2.75) is 52.4 Å². The molecule has 2 rings (SSSR count). The summed E-state index contributed by atoms with van der Waals surface area (Å²) in [5, 5.41) is 25.5. The van der Waals surface area contributed by atoms with Gasteiger partial charge in [0, 0.05) is 27.3 Å². The van der Waals surface area contributed by atoms with Crippen LogP contribution in [-0.2, 0) is 52.6 Å². The molecule has 0 bridgehead atoms. The number of piperidine rings is 2. The molecule has 2 fully saturated rings. The first-order valence-corrected chi connectivity index (χ1v) is 8.80. The van der Waals surface area contributed by atoms with Crippen molar-refractivity contribution in [1.29, 1.82) is 10.5 Å². The molecule has 23 heavy (non-hydrogen) atoms. The van der Waals surface area contributed by atoms with E-state index >= 15 is 0 Å². The Balaban J connectivity index is -0.000000253. The fourth-order valence-corrected chi connectivity index (χ4v) is 2.42. The van der Waals surface area contributed by atoms with Crippen LogP contribution in [0.1, 0.15) is 52.4 Å². The first kappa shape index (κ1) is 28.1. The fourth-order valence-electron chi connectivity index (χ4n) is 2.42. The summed E-state index contributed by atoms with van der Waals surface area (Å²) in [7, 11) is 0. The normalized spacial score (nSPS) is 17.0. The van der Waals surface area contributed by atoms with Gasteiger partial charge in [-0.2, -0.15) is 0 Å². The molecule has 2 heterocycles. The third kappa shape index (κ3) is 22.3. The van der Waals surface area contributed by atoms with Crippen LogP contribution in [0.15, 0.2) is 0 Å². The minimum atomic E-state index is 0. The Labute approximate surface area is 174 Å². The van der Waals surface area contributed by atoms with E-state index in [2.05, 4.69) is 49.7 Å². The number of rotatable bonds is 2. The largest absolute Gasteiger partial charge is 0.696 e. The molecule has 7 heteroatoms. The zero-order valence-electron chi connectivity index (χ0n) is 14.5. The summed E-state index contributed by atoms with van der Waals surface area (Å²) in [6.07, 6.45) is 8.09. The van der Waals surface area contributed by atoms with E-state index in [0.29, 0.717) is 0 Å². The second-order valence-electron chi connectivity index (χ2n) is 5.23. The smallest absolute Gasteiger partial charge is 0 e. The fraction of sp³-hybridized carbons (Fsp3) is 0.875. The molecule has 2 aliphatic heterocycles. The van der Waals surface area contributed by atoms with Crippen LogP contribution in [0.5, 0.6) is 0 Å². The first-order chi connectivity index (χ1) is 10.7. The summed E-state index contributed by atoms with van der Waals surface area (Å²) in [6.45, 7) is 9.04. The van der Waals surface area contributed by atoms with Gasteiger partial charge in [0.1, 0.15) is 0 Å². The molecule has 0 amide bonds. The summed E-state index contributed by atoms with van der Waals surface area (Å²) in [6, 6.07) is 0. The van der Waals surface area contributed by atoms with Gasteiger partial charge in [0.15, 0.2) is 0 Å². The third-order valence-corrected chi connectivity index (χ3v) is 3.94. The second kappa shape index (κ2) is 24.5. The van der Waals surface area contributed by atoms with Crippen molar-refractivity contribution in [1.82, 2.24) is 0 Å². The molecule has 0 spiro atoms. The van der Waals surface area contributed by atoms with Crippen molar-refractivity contribution >= 4 is 25.3 Å². The molecule has 2 saturated heterocycles. The molecule has 0 saturated carbocycles. The predicted molar refractivity (Wildman–Crippen MR) is 98.2 cm³/mol. The van der Waals surface area contributed by atoms with Gasteiger partial charge in [-0.05, 0) is 11.8 Å². The number of nitriles is 2. The number of hydrogen-bond acceptors (Lipinski definition) is 4. The van der Waals surface area contributed by atoms with Crippen molar-refractivity contribution < 1.29 is 27.3 Å². The standard InChI is InChI=1S/2C7H14N.2CHNS.Cd/c2*1-2-7-3-5-8-6-4-7;2*2-1-3;/h2*7H,2-6H2,1H3;2*3H;/q2*-1;;;/p-2. The van der Waals surface area contributed by atoms with Gasteiger partial charge in [-0.1, -0.05) is 63.2 Å². The maximum absolute atomic E-state index is 7.13. The van der Waals surface area contributed by atoms with E-state index < -0.39 is 0 Å². The van der Waals surface area contributed by atoms with Crippen LogP contribution in [0.25, 0.3) is 10.6 Å². The quantitative estimate of drug-likeness (QED) is 0.354. The van der Waals surface area contributed by atoms with E-state index in [-0.39, 0.29) is 27.3 Å². The van der Waals surface area contributed by atoms with Gasteiger partial charge in [-0.3, -0.25) is 0 Å².